The number of aromatic amines is 1. The molecule has 0 saturated carbocycles. The van der Waals surface area contributed by atoms with Gasteiger partial charge in [0.2, 0.25) is 0 Å². The van der Waals surface area contributed by atoms with E-state index < -0.39 is 5.97 Å². The number of hydrogen-bond acceptors (Lipinski definition) is 8. The minimum Gasteiger partial charge on any atom is -0.477 e. The highest BCUT2D eigenvalue weighted by atomic mass is 35.5. The van der Waals surface area contributed by atoms with E-state index >= 15 is 0 Å². The normalized spacial score (nSPS) is 18.1. The van der Waals surface area contributed by atoms with Crippen molar-refractivity contribution < 1.29 is 19.4 Å². The molecule has 9 nitrogen and oxygen atoms in total. The molecule has 3 N–H and O–H groups in total. The van der Waals surface area contributed by atoms with Crippen LogP contribution in [-0.4, -0.2) is 64.3 Å². The molecule has 2 unspecified atom stereocenters. The molecule has 188 valence electrons. The molecule has 0 spiro atoms. The summed E-state index contributed by atoms with van der Waals surface area (Å²) >= 11 is 14.8. The number of carbonyl (C=O) groups is 2. The van der Waals surface area contributed by atoms with Gasteiger partial charge in [0, 0.05) is 25.9 Å². The number of anilines is 1. The lowest BCUT2D eigenvalue weighted by Crippen LogP contribution is -2.55. The van der Waals surface area contributed by atoms with E-state index in [-0.39, 0.29) is 33.6 Å². The molecule has 4 heterocycles. The van der Waals surface area contributed by atoms with Gasteiger partial charge in [0.15, 0.2) is 5.13 Å². The number of methoxy groups -OCH3 is 1. The highest BCUT2D eigenvalue weighted by Gasteiger charge is 2.34. The maximum atomic E-state index is 12.8. The smallest absolute Gasteiger partial charge is 0.348 e. The first-order valence-corrected chi connectivity index (χ1v) is 13.4. The standard InChI is InChI=1S/C23H21Cl2N5O4S2/c1-10-15(24)16(25)17(26-10)20(31)27-11-7-8-30(9-13(11)34-2)23-29-18(19(36-23)22(32)33)21-28-12-5-3-4-6-14(12)35-21/h3-6,11,13,26H,7-9H2,1-2H3,(H,27,31)(H,32,33). The Morgan fingerprint density at radius 1 is 1.22 bits per heavy atom. The van der Waals surface area contributed by atoms with E-state index in [0.29, 0.717) is 46.1 Å². The molecule has 5 rings (SSSR count). The summed E-state index contributed by atoms with van der Waals surface area (Å²) in [4.78, 5) is 39.2. The van der Waals surface area contributed by atoms with Gasteiger partial charge < -0.3 is 25.0 Å². The molecule has 36 heavy (non-hydrogen) atoms. The van der Waals surface area contributed by atoms with Gasteiger partial charge in [-0.15, -0.1) is 11.3 Å². The Balaban J connectivity index is 1.36. The number of aromatic nitrogens is 3. The molecule has 13 heteroatoms. The van der Waals surface area contributed by atoms with E-state index in [4.69, 9.17) is 27.9 Å². The number of nitrogens with zero attached hydrogens (tertiary/aromatic N) is 3. The molecule has 1 saturated heterocycles. The van der Waals surface area contributed by atoms with E-state index in [9.17, 15) is 14.7 Å². The fourth-order valence-corrected chi connectivity index (χ4v) is 6.55. The SMILES string of the molecule is COC1CN(c2nc(-c3nc4ccccc4s3)c(C(=O)O)s2)CCC1NC(=O)c1[nH]c(C)c(Cl)c1Cl. The van der Waals surface area contributed by atoms with Gasteiger partial charge in [-0.1, -0.05) is 46.7 Å². The topological polar surface area (TPSA) is 120 Å². The van der Waals surface area contributed by atoms with Crippen LogP contribution in [-0.2, 0) is 4.74 Å². The molecule has 1 aromatic carbocycles. The van der Waals surface area contributed by atoms with E-state index in [1.54, 1.807) is 14.0 Å². The number of carboxylic acids is 1. The summed E-state index contributed by atoms with van der Waals surface area (Å²) < 4.78 is 6.65. The largest absolute Gasteiger partial charge is 0.477 e. The van der Waals surface area contributed by atoms with Crippen LogP contribution >= 0.6 is 45.9 Å². The third-order valence-corrected chi connectivity index (χ3v) is 9.13. The predicted molar refractivity (Wildman–Crippen MR) is 142 cm³/mol. The highest BCUT2D eigenvalue weighted by molar-refractivity contribution is 7.22. The van der Waals surface area contributed by atoms with Crippen molar-refractivity contribution in [1.82, 2.24) is 20.3 Å². The van der Waals surface area contributed by atoms with Crippen LogP contribution < -0.4 is 10.2 Å². The maximum Gasteiger partial charge on any atom is 0.348 e. The van der Waals surface area contributed by atoms with Gasteiger partial charge in [0.05, 0.1) is 32.4 Å². The van der Waals surface area contributed by atoms with Gasteiger partial charge in [-0.2, -0.15) is 0 Å². The van der Waals surface area contributed by atoms with Crippen LogP contribution in [0.15, 0.2) is 24.3 Å². The van der Waals surface area contributed by atoms with Crippen LogP contribution in [0.25, 0.3) is 20.9 Å². The Hall–Kier alpha value is -2.70. The van der Waals surface area contributed by atoms with Crippen LogP contribution in [0.4, 0.5) is 5.13 Å². The van der Waals surface area contributed by atoms with Crippen molar-refractivity contribution in [3.8, 4) is 10.7 Å². The van der Waals surface area contributed by atoms with Gasteiger partial charge in [0.25, 0.3) is 5.91 Å². The second kappa shape index (κ2) is 9.98. The Morgan fingerprint density at radius 2 is 2.00 bits per heavy atom. The number of H-pyrrole nitrogens is 1. The van der Waals surface area contributed by atoms with Crippen LogP contribution in [0.3, 0.4) is 0 Å². The van der Waals surface area contributed by atoms with Crippen LogP contribution in [0.1, 0.15) is 32.3 Å². The van der Waals surface area contributed by atoms with Crippen molar-refractivity contribution in [2.45, 2.75) is 25.5 Å². The van der Waals surface area contributed by atoms with Gasteiger partial charge in [-0.05, 0) is 25.5 Å². The van der Waals surface area contributed by atoms with Crippen LogP contribution in [0, 0.1) is 6.92 Å². The van der Waals surface area contributed by atoms with Crippen LogP contribution in [0.2, 0.25) is 10.0 Å². The molecular weight excluding hydrogens is 545 g/mol. The average Bonchev–Trinajstić information content (AvgIpc) is 3.56. The van der Waals surface area contributed by atoms with Gasteiger partial charge in [-0.25, -0.2) is 14.8 Å². The van der Waals surface area contributed by atoms with E-state index in [1.165, 1.54) is 11.3 Å². The number of carboxylic acid groups (broad SMARTS) is 1. The second-order valence-corrected chi connectivity index (χ2v) is 11.1. The molecule has 0 bridgehead atoms. The molecule has 0 radical (unpaired) electrons. The highest BCUT2D eigenvalue weighted by Crippen LogP contribution is 2.38. The number of rotatable bonds is 6. The summed E-state index contributed by atoms with van der Waals surface area (Å²) in [6.45, 7) is 2.71. The minimum absolute atomic E-state index is 0.141. The Labute approximate surface area is 224 Å². The van der Waals surface area contributed by atoms with Crippen molar-refractivity contribution in [1.29, 1.82) is 0 Å². The zero-order valence-electron chi connectivity index (χ0n) is 19.2. The molecular formula is C23H21Cl2N5O4S2. The lowest BCUT2D eigenvalue weighted by Gasteiger charge is -2.37. The molecule has 2 atom stereocenters. The number of benzene rings is 1. The number of hydrogen-bond donors (Lipinski definition) is 3. The third-order valence-electron chi connectivity index (χ3n) is 6.04. The van der Waals surface area contributed by atoms with Crippen molar-refractivity contribution in [3.63, 3.8) is 0 Å². The van der Waals surface area contributed by atoms with E-state index in [1.807, 2.05) is 29.2 Å². The summed E-state index contributed by atoms with van der Waals surface area (Å²) in [6.07, 6.45) is 0.212. The van der Waals surface area contributed by atoms with Gasteiger partial charge in [-0.3, -0.25) is 4.79 Å². The number of carbonyl (C=O) groups excluding carboxylic acids is 1. The molecule has 0 aliphatic carbocycles. The maximum absolute atomic E-state index is 12.8. The molecule has 1 aliphatic rings. The van der Waals surface area contributed by atoms with Gasteiger partial charge >= 0.3 is 5.97 Å². The second-order valence-electron chi connectivity index (χ2n) is 8.31. The predicted octanol–water partition coefficient (Wildman–Crippen LogP) is 5.09. The number of aromatic carboxylic acids is 1. The summed E-state index contributed by atoms with van der Waals surface area (Å²) in [5.74, 6) is -1.41. The number of nitrogens with one attached hydrogen (secondary N) is 2. The Kier molecular flexibility index (Phi) is 6.92. The summed E-state index contributed by atoms with van der Waals surface area (Å²) in [5.41, 5.74) is 1.99. The zero-order chi connectivity index (χ0) is 25.6. The Bertz CT molecular complexity index is 1430. The van der Waals surface area contributed by atoms with E-state index in [0.717, 1.165) is 21.6 Å². The summed E-state index contributed by atoms with van der Waals surface area (Å²) in [6, 6.07) is 7.37. The third kappa shape index (κ3) is 4.57. The molecule has 4 aromatic rings. The number of halogens is 2. The molecule has 3 aromatic heterocycles. The van der Waals surface area contributed by atoms with Crippen molar-refractivity contribution in [2.24, 2.45) is 0 Å². The summed E-state index contributed by atoms with van der Waals surface area (Å²) in [7, 11) is 1.58. The number of thiazole rings is 2. The summed E-state index contributed by atoms with van der Waals surface area (Å²) in [5, 5.41) is 14.5. The molecule has 1 amide bonds. The first-order chi connectivity index (χ1) is 17.3. The number of piperidine rings is 1. The van der Waals surface area contributed by atoms with Crippen molar-refractivity contribution in [2.75, 3.05) is 25.1 Å². The van der Waals surface area contributed by atoms with Gasteiger partial charge in [0.1, 0.15) is 21.3 Å². The van der Waals surface area contributed by atoms with E-state index in [2.05, 4.69) is 20.3 Å². The lowest BCUT2D eigenvalue weighted by atomic mass is 10.0. The van der Waals surface area contributed by atoms with Crippen molar-refractivity contribution in [3.05, 3.63) is 50.6 Å². The number of ether oxygens (including phenoxy) is 1. The minimum atomic E-state index is -1.05. The molecule has 1 fully saturated rings. The number of amides is 1. The average molecular weight is 566 g/mol. The zero-order valence-corrected chi connectivity index (χ0v) is 22.3. The fourth-order valence-electron chi connectivity index (χ4n) is 4.17. The lowest BCUT2D eigenvalue weighted by molar-refractivity contribution is 0.0540. The number of fused-ring (bicyclic) bond motifs is 1. The first kappa shape index (κ1) is 25.0. The molecule has 1 aliphatic heterocycles. The monoisotopic (exact) mass is 565 g/mol. The fraction of sp³-hybridized carbons (Fsp3) is 0.304. The van der Waals surface area contributed by atoms with Crippen LogP contribution in [0.5, 0.6) is 0 Å². The number of para-hydroxylation sites is 1. The first-order valence-electron chi connectivity index (χ1n) is 11.0. The quantitative estimate of drug-likeness (QED) is 0.298. The van der Waals surface area contributed by atoms with Crippen molar-refractivity contribution >= 4 is 73.1 Å². The number of aryl methyl sites for hydroxylation is 1. The Morgan fingerprint density at radius 3 is 2.67 bits per heavy atom.